The molecule has 3 aromatic heterocycles. The Morgan fingerprint density at radius 2 is 2.15 bits per heavy atom. The second-order valence-corrected chi connectivity index (χ2v) is 8.94. The predicted molar refractivity (Wildman–Crippen MR) is 112 cm³/mol. The van der Waals surface area contributed by atoms with Gasteiger partial charge in [0.1, 0.15) is 10.6 Å². The lowest BCUT2D eigenvalue weighted by atomic mass is 9.90. The van der Waals surface area contributed by atoms with Crippen molar-refractivity contribution >= 4 is 54.5 Å². The number of hydrogen-bond acceptors (Lipinski definition) is 6. The number of benzene rings is 1. The first kappa shape index (κ1) is 17.0. The zero-order valence-electron chi connectivity index (χ0n) is 14.8. The van der Waals surface area contributed by atoms with Crippen molar-refractivity contribution in [2.45, 2.75) is 31.7 Å². The minimum Gasteiger partial charge on any atom is -0.352 e. The molecule has 1 fully saturated rings. The van der Waals surface area contributed by atoms with Gasteiger partial charge in [-0.1, -0.05) is 0 Å². The lowest BCUT2D eigenvalue weighted by Gasteiger charge is -2.29. The number of aromatic nitrogens is 2. The maximum Gasteiger partial charge on any atom is 0.148 e. The maximum atomic E-state index is 14.5. The molecule has 0 bridgehead atoms. The van der Waals surface area contributed by atoms with E-state index in [2.05, 4.69) is 33.6 Å². The summed E-state index contributed by atoms with van der Waals surface area (Å²) in [5.41, 5.74) is 3.87. The number of fused-ring (bicyclic) bond motifs is 2. The molecule has 5 rings (SSSR count). The third kappa shape index (κ3) is 3.09. The standard InChI is InChI=1S/C20H19FN4S2/c1-11-12(3-2-5-22-11)18-7-13-15(4-6-23-20(13)27-18)25-16-9-17-19(8-14(16)21)26-10-24-17/h4,6-12,22H,2-3,5H2,1H3,(H,23,25)/t11-,12-/m0/s1. The molecule has 1 aliphatic heterocycles. The van der Waals surface area contributed by atoms with Crippen LogP contribution in [0.4, 0.5) is 15.8 Å². The first-order valence-corrected chi connectivity index (χ1v) is 10.8. The zero-order valence-corrected chi connectivity index (χ0v) is 16.5. The molecular weight excluding hydrogens is 379 g/mol. The molecule has 4 aromatic rings. The second kappa shape index (κ2) is 6.82. The van der Waals surface area contributed by atoms with Gasteiger partial charge in [-0.2, -0.15) is 0 Å². The Bertz CT molecular complexity index is 1120. The molecule has 0 unspecified atom stereocenters. The largest absolute Gasteiger partial charge is 0.352 e. The molecule has 4 heterocycles. The lowest BCUT2D eigenvalue weighted by molar-refractivity contribution is 0.375. The Hall–Kier alpha value is -2.09. The first-order chi connectivity index (χ1) is 13.2. The van der Waals surface area contributed by atoms with E-state index in [-0.39, 0.29) is 5.82 Å². The van der Waals surface area contributed by atoms with Crippen LogP contribution < -0.4 is 10.6 Å². The Morgan fingerprint density at radius 1 is 1.22 bits per heavy atom. The van der Waals surface area contributed by atoms with Crippen molar-refractivity contribution in [2.75, 3.05) is 11.9 Å². The molecule has 0 radical (unpaired) electrons. The van der Waals surface area contributed by atoms with Crippen LogP contribution in [0.1, 0.15) is 30.6 Å². The molecule has 0 spiro atoms. The Labute approximate surface area is 164 Å². The number of hydrogen-bond donors (Lipinski definition) is 2. The van der Waals surface area contributed by atoms with Crippen LogP contribution in [0.2, 0.25) is 0 Å². The average Bonchev–Trinajstić information content (AvgIpc) is 3.29. The third-order valence-electron chi connectivity index (χ3n) is 5.27. The van der Waals surface area contributed by atoms with Gasteiger partial charge in [0.05, 0.1) is 27.1 Å². The number of pyridine rings is 1. The third-order valence-corrected chi connectivity index (χ3v) is 7.24. The predicted octanol–water partition coefficient (Wildman–Crippen LogP) is 5.64. The van der Waals surface area contributed by atoms with Gasteiger partial charge >= 0.3 is 0 Å². The van der Waals surface area contributed by atoms with Gasteiger partial charge < -0.3 is 10.6 Å². The van der Waals surface area contributed by atoms with E-state index >= 15 is 0 Å². The number of anilines is 2. The number of halogens is 1. The Morgan fingerprint density at radius 3 is 3.04 bits per heavy atom. The van der Waals surface area contributed by atoms with E-state index < -0.39 is 0 Å². The van der Waals surface area contributed by atoms with Crippen LogP contribution >= 0.6 is 22.7 Å². The van der Waals surface area contributed by atoms with Crippen LogP contribution in [0.15, 0.2) is 36.0 Å². The molecule has 1 aromatic carbocycles. The van der Waals surface area contributed by atoms with E-state index in [1.807, 2.05) is 6.07 Å². The topological polar surface area (TPSA) is 49.8 Å². The summed E-state index contributed by atoms with van der Waals surface area (Å²) >= 11 is 3.19. The van der Waals surface area contributed by atoms with Gasteiger partial charge in [-0.05, 0) is 50.6 Å². The van der Waals surface area contributed by atoms with Crippen LogP contribution in [-0.2, 0) is 0 Å². The molecule has 7 heteroatoms. The number of rotatable bonds is 3. The smallest absolute Gasteiger partial charge is 0.148 e. The minimum atomic E-state index is -0.266. The lowest BCUT2D eigenvalue weighted by Crippen LogP contribution is -2.37. The molecule has 27 heavy (non-hydrogen) atoms. The van der Waals surface area contributed by atoms with E-state index in [4.69, 9.17) is 0 Å². The molecular formula is C20H19FN4S2. The normalized spacial score (nSPS) is 20.4. The van der Waals surface area contributed by atoms with Crippen LogP contribution in [0.5, 0.6) is 0 Å². The fourth-order valence-electron chi connectivity index (χ4n) is 3.80. The van der Waals surface area contributed by atoms with Gasteiger partial charge in [0.2, 0.25) is 0 Å². The fourth-order valence-corrected chi connectivity index (χ4v) is 5.75. The quantitative estimate of drug-likeness (QED) is 0.469. The summed E-state index contributed by atoms with van der Waals surface area (Å²) in [7, 11) is 0. The SMILES string of the molecule is C[C@@H]1NCCC[C@@H]1c1cc2c(Nc3cc4ncsc4cc3F)ccnc2s1. The average molecular weight is 399 g/mol. The second-order valence-electron chi connectivity index (χ2n) is 6.99. The van der Waals surface area contributed by atoms with Crippen LogP contribution in [0.3, 0.4) is 0 Å². The van der Waals surface area contributed by atoms with Gasteiger partial charge in [-0.25, -0.2) is 14.4 Å². The van der Waals surface area contributed by atoms with E-state index in [0.717, 1.165) is 32.7 Å². The molecule has 0 amide bonds. The van der Waals surface area contributed by atoms with Crippen molar-refractivity contribution in [2.24, 2.45) is 0 Å². The summed E-state index contributed by atoms with van der Waals surface area (Å²) < 4.78 is 15.4. The summed E-state index contributed by atoms with van der Waals surface area (Å²) in [5.74, 6) is 0.242. The Kier molecular flexibility index (Phi) is 4.30. The Balaban J connectivity index is 1.53. The van der Waals surface area contributed by atoms with Gasteiger partial charge in [0.15, 0.2) is 0 Å². The molecule has 138 valence electrons. The van der Waals surface area contributed by atoms with Crippen LogP contribution in [0.25, 0.3) is 20.4 Å². The number of thiophene rings is 1. The fraction of sp³-hybridized carbons (Fsp3) is 0.300. The number of thiazole rings is 1. The van der Waals surface area contributed by atoms with Crippen molar-refractivity contribution in [3.8, 4) is 0 Å². The molecule has 2 atom stereocenters. The molecule has 0 aliphatic carbocycles. The van der Waals surface area contributed by atoms with Crippen molar-refractivity contribution in [1.82, 2.24) is 15.3 Å². The highest BCUT2D eigenvalue weighted by atomic mass is 32.1. The summed E-state index contributed by atoms with van der Waals surface area (Å²) in [6.07, 6.45) is 4.17. The van der Waals surface area contributed by atoms with E-state index in [9.17, 15) is 4.39 Å². The molecule has 1 saturated heterocycles. The summed E-state index contributed by atoms with van der Waals surface area (Å²) in [6, 6.07) is 7.91. The van der Waals surface area contributed by atoms with Crippen molar-refractivity contribution in [3.63, 3.8) is 0 Å². The molecule has 2 N–H and O–H groups in total. The minimum absolute atomic E-state index is 0.266. The maximum absolute atomic E-state index is 14.5. The molecule has 0 saturated carbocycles. The van der Waals surface area contributed by atoms with Gasteiger partial charge in [0.25, 0.3) is 0 Å². The number of nitrogens with one attached hydrogen (secondary N) is 2. The number of nitrogens with zero attached hydrogens (tertiary/aromatic N) is 2. The highest BCUT2D eigenvalue weighted by molar-refractivity contribution is 7.18. The van der Waals surface area contributed by atoms with E-state index in [1.165, 1.54) is 29.1 Å². The summed E-state index contributed by atoms with van der Waals surface area (Å²) in [5, 5.41) is 7.88. The highest BCUT2D eigenvalue weighted by Crippen LogP contribution is 2.39. The van der Waals surface area contributed by atoms with E-state index in [1.54, 1.807) is 35.2 Å². The van der Waals surface area contributed by atoms with Gasteiger partial charge in [-0.15, -0.1) is 22.7 Å². The zero-order chi connectivity index (χ0) is 18.4. The molecule has 1 aliphatic rings. The van der Waals surface area contributed by atoms with Crippen molar-refractivity contribution in [3.05, 3.63) is 46.7 Å². The number of piperidine rings is 1. The van der Waals surface area contributed by atoms with Crippen LogP contribution in [-0.4, -0.2) is 22.6 Å². The van der Waals surface area contributed by atoms with E-state index in [0.29, 0.717) is 17.6 Å². The molecule has 4 nitrogen and oxygen atoms in total. The highest BCUT2D eigenvalue weighted by Gasteiger charge is 2.25. The first-order valence-electron chi connectivity index (χ1n) is 9.10. The van der Waals surface area contributed by atoms with Gasteiger partial charge in [0, 0.05) is 28.4 Å². The van der Waals surface area contributed by atoms with Crippen molar-refractivity contribution in [1.29, 1.82) is 0 Å². The van der Waals surface area contributed by atoms with Gasteiger partial charge in [-0.3, -0.25) is 0 Å². The van der Waals surface area contributed by atoms with Crippen molar-refractivity contribution < 1.29 is 4.39 Å². The monoisotopic (exact) mass is 398 g/mol. The summed E-state index contributed by atoms with van der Waals surface area (Å²) in [6.45, 7) is 3.34. The summed E-state index contributed by atoms with van der Waals surface area (Å²) in [4.78, 5) is 11.2. The van der Waals surface area contributed by atoms with Crippen LogP contribution in [0, 0.1) is 5.82 Å².